The summed E-state index contributed by atoms with van der Waals surface area (Å²) in [6.07, 6.45) is 0. The van der Waals surface area contributed by atoms with Gasteiger partial charge in [-0.25, -0.2) is 4.39 Å². The van der Waals surface area contributed by atoms with Gasteiger partial charge in [0.2, 0.25) is 5.91 Å². The number of benzene rings is 2. The van der Waals surface area contributed by atoms with Crippen LogP contribution in [0, 0.1) is 5.82 Å². The van der Waals surface area contributed by atoms with Gasteiger partial charge in [-0.1, -0.05) is 35.9 Å². The van der Waals surface area contributed by atoms with Crippen LogP contribution in [-0.2, 0) is 10.5 Å². The van der Waals surface area contributed by atoms with Gasteiger partial charge in [0.15, 0.2) is 0 Å². The van der Waals surface area contributed by atoms with E-state index in [0.717, 1.165) is 11.3 Å². The molecule has 1 N–H and O–H groups in total. The van der Waals surface area contributed by atoms with Crippen molar-refractivity contribution in [2.45, 2.75) is 18.7 Å². The Hall–Kier alpha value is -1.72. The summed E-state index contributed by atoms with van der Waals surface area (Å²) in [5.74, 6) is 0.952. The summed E-state index contributed by atoms with van der Waals surface area (Å²) in [6, 6.07) is 12.0. The molecule has 0 aliphatic carbocycles. The summed E-state index contributed by atoms with van der Waals surface area (Å²) >= 11 is 7.08. The van der Waals surface area contributed by atoms with Crippen molar-refractivity contribution in [2.75, 3.05) is 12.9 Å². The number of carbonyl (C=O) groups is 1. The van der Waals surface area contributed by atoms with Gasteiger partial charge in [0.1, 0.15) is 11.6 Å². The summed E-state index contributed by atoms with van der Waals surface area (Å²) in [7, 11) is 1.60. The van der Waals surface area contributed by atoms with E-state index in [4.69, 9.17) is 16.3 Å². The molecule has 3 nitrogen and oxygen atoms in total. The molecule has 6 heteroatoms. The highest BCUT2D eigenvalue weighted by atomic mass is 35.5. The molecule has 2 rings (SSSR count). The molecular formula is C18H19ClFNO2S. The highest BCUT2D eigenvalue weighted by Gasteiger charge is 2.13. The highest BCUT2D eigenvalue weighted by molar-refractivity contribution is 7.99. The second-order valence-corrected chi connectivity index (χ2v) is 6.68. The van der Waals surface area contributed by atoms with Crippen LogP contribution in [0.25, 0.3) is 0 Å². The Morgan fingerprint density at radius 2 is 2.08 bits per heavy atom. The zero-order valence-electron chi connectivity index (χ0n) is 13.5. The van der Waals surface area contributed by atoms with Crippen molar-refractivity contribution >= 4 is 29.3 Å². The minimum Gasteiger partial charge on any atom is -0.496 e. The van der Waals surface area contributed by atoms with Crippen molar-refractivity contribution in [3.8, 4) is 5.75 Å². The van der Waals surface area contributed by atoms with Crippen LogP contribution in [0.2, 0.25) is 5.02 Å². The summed E-state index contributed by atoms with van der Waals surface area (Å²) in [5.41, 5.74) is 1.46. The van der Waals surface area contributed by atoms with Crippen LogP contribution in [0.15, 0.2) is 42.5 Å². The summed E-state index contributed by atoms with van der Waals surface area (Å²) in [6.45, 7) is 1.90. The van der Waals surface area contributed by atoms with E-state index in [1.165, 1.54) is 17.8 Å². The maximum atomic E-state index is 13.7. The van der Waals surface area contributed by atoms with Gasteiger partial charge < -0.3 is 10.1 Å². The summed E-state index contributed by atoms with van der Waals surface area (Å²) in [4.78, 5) is 12.1. The molecule has 0 aliphatic rings. The molecule has 0 aliphatic heterocycles. The molecule has 0 aromatic heterocycles. The average Bonchev–Trinajstić information content (AvgIpc) is 2.56. The number of hydrogen-bond donors (Lipinski definition) is 1. The maximum absolute atomic E-state index is 13.7. The predicted octanol–water partition coefficient (Wildman–Crippen LogP) is 4.60. The Bertz CT molecular complexity index is 711. The Morgan fingerprint density at radius 1 is 1.33 bits per heavy atom. The number of carbonyl (C=O) groups excluding carboxylic acids is 1. The SMILES string of the molecule is COc1ccccc1[C@H](C)NC(=O)CSCc1ccc(Cl)cc1F. The average molecular weight is 368 g/mol. The lowest BCUT2D eigenvalue weighted by Crippen LogP contribution is -2.28. The molecular weight excluding hydrogens is 349 g/mol. The Morgan fingerprint density at radius 3 is 2.79 bits per heavy atom. The van der Waals surface area contributed by atoms with Crippen LogP contribution in [0.4, 0.5) is 4.39 Å². The van der Waals surface area contributed by atoms with Crippen LogP contribution in [0.5, 0.6) is 5.75 Å². The standard InChI is InChI=1S/C18H19ClFNO2S/c1-12(15-5-3-4-6-17(15)23-2)21-18(22)11-24-10-13-7-8-14(19)9-16(13)20/h3-9,12H,10-11H2,1-2H3,(H,21,22)/t12-/m0/s1. The molecule has 0 saturated carbocycles. The van der Waals surface area contributed by atoms with Crippen LogP contribution in [0.3, 0.4) is 0 Å². The number of ether oxygens (including phenoxy) is 1. The van der Waals surface area contributed by atoms with E-state index in [9.17, 15) is 9.18 Å². The van der Waals surface area contributed by atoms with Crippen LogP contribution in [-0.4, -0.2) is 18.8 Å². The van der Waals surface area contributed by atoms with Crippen LogP contribution < -0.4 is 10.1 Å². The molecule has 2 aromatic carbocycles. The Labute approximate surface area is 150 Å². The fourth-order valence-electron chi connectivity index (χ4n) is 2.28. The van der Waals surface area contributed by atoms with Gasteiger partial charge in [0.05, 0.1) is 18.9 Å². The number of hydrogen-bond acceptors (Lipinski definition) is 3. The Kier molecular flexibility index (Phi) is 6.94. The number of halogens is 2. The van der Waals surface area contributed by atoms with Crippen molar-refractivity contribution in [1.82, 2.24) is 5.32 Å². The molecule has 1 atom stereocenters. The van der Waals surface area contributed by atoms with Crippen LogP contribution >= 0.6 is 23.4 Å². The summed E-state index contributed by atoms with van der Waals surface area (Å²) < 4.78 is 19.0. The van der Waals surface area contributed by atoms with Gasteiger partial charge in [-0.3, -0.25) is 4.79 Å². The number of thioether (sulfide) groups is 1. The first-order chi connectivity index (χ1) is 11.5. The number of para-hydroxylation sites is 1. The monoisotopic (exact) mass is 367 g/mol. The minimum absolute atomic E-state index is 0.104. The van der Waals surface area contributed by atoms with Gasteiger partial charge in [0.25, 0.3) is 0 Å². The van der Waals surface area contributed by atoms with Gasteiger partial charge in [-0.2, -0.15) is 0 Å². The number of nitrogens with one attached hydrogen (secondary N) is 1. The molecule has 0 unspecified atom stereocenters. The van der Waals surface area contributed by atoms with Gasteiger partial charge in [-0.15, -0.1) is 11.8 Å². The van der Waals surface area contributed by atoms with Crippen molar-refractivity contribution in [2.24, 2.45) is 0 Å². The van der Waals surface area contributed by atoms with Crippen molar-refractivity contribution < 1.29 is 13.9 Å². The smallest absolute Gasteiger partial charge is 0.230 e. The third-order valence-electron chi connectivity index (χ3n) is 3.49. The number of rotatable bonds is 7. The second kappa shape index (κ2) is 8.94. The van der Waals surface area contributed by atoms with Gasteiger partial charge in [-0.05, 0) is 30.7 Å². The third-order valence-corrected chi connectivity index (χ3v) is 4.71. The van der Waals surface area contributed by atoms with E-state index < -0.39 is 0 Å². The molecule has 0 heterocycles. The lowest BCUT2D eigenvalue weighted by atomic mass is 10.1. The van der Waals surface area contributed by atoms with E-state index in [1.54, 1.807) is 19.2 Å². The maximum Gasteiger partial charge on any atom is 0.230 e. The van der Waals surface area contributed by atoms with E-state index in [-0.39, 0.29) is 23.5 Å². The first-order valence-corrected chi connectivity index (χ1v) is 8.98. The minimum atomic E-state index is -0.349. The quantitative estimate of drug-likeness (QED) is 0.777. The Balaban J connectivity index is 1.84. The molecule has 1 amide bonds. The van der Waals surface area contributed by atoms with E-state index >= 15 is 0 Å². The first kappa shape index (κ1) is 18.6. The third kappa shape index (κ3) is 5.14. The zero-order valence-corrected chi connectivity index (χ0v) is 15.1. The molecule has 0 spiro atoms. The van der Waals surface area contributed by atoms with Gasteiger partial charge in [0, 0.05) is 16.3 Å². The van der Waals surface area contributed by atoms with Crippen molar-refractivity contribution in [3.05, 3.63) is 64.4 Å². The van der Waals surface area contributed by atoms with E-state index in [0.29, 0.717) is 16.3 Å². The lowest BCUT2D eigenvalue weighted by molar-refractivity contribution is -0.119. The lowest BCUT2D eigenvalue weighted by Gasteiger charge is -2.17. The molecule has 2 aromatic rings. The molecule has 0 fully saturated rings. The highest BCUT2D eigenvalue weighted by Crippen LogP contribution is 2.24. The topological polar surface area (TPSA) is 38.3 Å². The van der Waals surface area contributed by atoms with E-state index in [2.05, 4.69) is 5.32 Å². The molecule has 0 radical (unpaired) electrons. The molecule has 0 saturated heterocycles. The second-order valence-electron chi connectivity index (χ2n) is 5.26. The zero-order chi connectivity index (χ0) is 17.5. The fraction of sp³-hybridized carbons (Fsp3) is 0.278. The largest absolute Gasteiger partial charge is 0.496 e. The summed E-state index contributed by atoms with van der Waals surface area (Å²) in [5, 5.41) is 3.29. The van der Waals surface area contributed by atoms with E-state index in [1.807, 2.05) is 31.2 Å². The fourth-order valence-corrected chi connectivity index (χ4v) is 3.26. The molecule has 24 heavy (non-hydrogen) atoms. The number of methoxy groups -OCH3 is 1. The van der Waals surface area contributed by atoms with Crippen LogP contribution in [0.1, 0.15) is 24.1 Å². The normalized spacial score (nSPS) is 11.8. The number of amides is 1. The van der Waals surface area contributed by atoms with Gasteiger partial charge >= 0.3 is 0 Å². The van der Waals surface area contributed by atoms with Crippen molar-refractivity contribution in [3.63, 3.8) is 0 Å². The molecule has 0 bridgehead atoms. The molecule has 128 valence electrons. The van der Waals surface area contributed by atoms with Crippen molar-refractivity contribution in [1.29, 1.82) is 0 Å². The predicted molar refractivity (Wildman–Crippen MR) is 97.1 cm³/mol. The first-order valence-electron chi connectivity index (χ1n) is 7.45.